The average molecular weight is 230 g/mol. The normalized spacial score (nSPS) is 22.8. The molecule has 0 spiro atoms. The van der Waals surface area contributed by atoms with Crippen LogP contribution in [0.4, 0.5) is 5.69 Å². The Morgan fingerprint density at radius 1 is 1.29 bits per heavy atom. The lowest BCUT2D eigenvalue weighted by Gasteiger charge is -2.21. The quantitative estimate of drug-likeness (QED) is 0.834. The summed E-state index contributed by atoms with van der Waals surface area (Å²) in [6.07, 6.45) is 6.52. The Bertz CT molecular complexity index is 406. The molecule has 1 fully saturated rings. The molecule has 2 nitrogen and oxygen atoms in total. The Labute approximate surface area is 104 Å². The maximum absolute atomic E-state index is 3.66. The van der Waals surface area contributed by atoms with Crippen LogP contribution in [0.3, 0.4) is 0 Å². The number of fused-ring (bicyclic) bond motifs is 1. The van der Waals surface area contributed by atoms with Crippen molar-refractivity contribution in [2.45, 2.75) is 45.1 Å². The van der Waals surface area contributed by atoms with Crippen molar-refractivity contribution in [1.29, 1.82) is 0 Å². The lowest BCUT2D eigenvalue weighted by molar-refractivity contribution is 0.642. The molecule has 2 aliphatic rings. The summed E-state index contributed by atoms with van der Waals surface area (Å²) in [7, 11) is 0. The van der Waals surface area contributed by atoms with Gasteiger partial charge in [-0.2, -0.15) is 0 Å². The molecule has 1 aliphatic carbocycles. The van der Waals surface area contributed by atoms with Gasteiger partial charge in [0.25, 0.3) is 0 Å². The van der Waals surface area contributed by atoms with E-state index in [9.17, 15) is 0 Å². The second-order valence-corrected chi connectivity index (χ2v) is 5.20. The molecular formula is C15H22N2. The van der Waals surface area contributed by atoms with Crippen molar-refractivity contribution < 1.29 is 0 Å². The van der Waals surface area contributed by atoms with Gasteiger partial charge in [0.2, 0.25) is 0 Å². The van der Waals surface area contributed by atoms with Crippen LogP contribution < -0.4 is 10.6 Å². The molecule has 0 bridgehead atoms. The van der Waals surface area contributed by atoms with Crippen LogP contribution in [0.5, 0.6) is 0 Å². The lowest BCUT2D eigenvalue weighted by Crippen LogP contribution is -2.17. The minimum absolute atomic E-state index is 0.595. The fourth-order valence-electron chi connectivity index (χ4n) is 3.37. The van der Waals surface area contributed by atoms with Crippen LogP contribution in [-0.4, -0.2) is 13.1 Å². The minimum atomic E-state index is 0.595. The van der Waals surface area contributed by atoms with Gasteiger partial charge in [0.1, 0.15) is 0 Å². The third-order valence-electron chi connectivity index (χ3n) is 4.10. The van der Waals surface area contributed by atoms with Crippen LogP contribution in [0.15, 0.2) is 12.1 Å². The number of nitrogens with one attached hydrogen (secondary N) is 2. The minimum Gasteiger partial charge on any atom is -0.385 e. The van der Waals surface area contributed by atoms with Gasteiger partial charge in [-0.3, -0.25) is 0 Å². The predicted octanol–water partition coefficient (Wildman–Crippen LogP) is 3.03. The summed E-state index contributed by atoms with van der Waals surface area (Å²) in [5, 5.41) is 7.20. The molecule has 1 aromatic rings. The number of benzene rings is 1. The van der Waals surface area contributed by atoms with Gasteiger partial charge in [-0.05, 0) is 68.3 Å². The van der Waals surface area contributed by atoms with Gasteiger partial charge in [-0.25, -0.2) is 0 Å². The zero-order valence-electron chi connectivity index (χ0n) is 10.7. The molecule has 1 atom stereocenters. The van der Waals surface area contributed by atoms with E-state index in [0.717, 1.165) is 6.54 Å². The second kappa shape index (κ2) is 4.69. The number of rotatable bonds is 3. The van der Waals surface area contributed by atoms with Gasteiger partial charge < -0.3 is 10.6 Å². The standard InChI is InChI=1S/C15H22N2/c1-2-16-14-9-8-11-5-3-6-12(11)15(14)13-7-4-10-17-13/h8-9,13,16-17H,2-7,10H2,1H3/t13-/m1/s1. The van der Waals surface area contributed by atoms with Gasteiger partial charge >= 0.3 is 0 Å². The summed E-state index contributed by atoms with van der Waals surface area (Å²) in [5.41, 5.74) is 6.19. The molecule has 0 amide bonds. The molecule has 2 N–H and O–H groups in total. The molecule has 17 heavy (non-hydrogen) atoms. The Kier molecular flexibility index (Phi) is 3.06. The van der Waals surface area contributed by atoms with E-state index in [4.69, 9.17) is 0 Å². The first-order valence-electron chi connectivity index (χ1n) is 7.02. The molecule has 92 valence electrons. The van der Waals surface area contributed by atoms with Crippen LogP contribution >= 0.6 is 0 Å². The summed E-state index contributed by atoms with van der Waals surface area (Å²) >= 11 is 0. The fourth-order valence-corrected chi connectivity index (χ4v) is 3.37. The SMILES string of the molecule is CCNc1ccc2c(c1[C@H]1CCCN1)CCC2. The van der Waals surface area contributed by atoms with Crippen LogP contribution in [0.1, 0.15) is 48.9 Å². The molecule has 2 heteroatoms. The highest BCUT2D eigenvalue weighted by atomic mass is 15.0. The van der Waals surface area contributed by atoms with Crippen molar-refractivity contribution >= 4 is 5.69 Å². The van der Waals surface area contributed by atoms with Gasteiger partial charge in [0.15, 0.2) is 0 Å². The first-order chi connectivity index (χ1) is 8.40. The molecule has 3 rings (SSSR count). The van der Waals surface area contributed by atoms with Crippen LogP contribution in [0.25, 0.3) is 0 Å². The average Bonchev–Trinajstić information content (AvgIpc) is 2.99. The van der Waals surface area contributed by atoms with Crippen molar-refractivity contribution in [1.82, 2.24) is 5.32 Å². The van der Waals surface area contributed by atoms with E-state index in [-0.39, 0.29) is 0 Å². The predicted molar refractivity (Wildman–Crippen MR) is 72.6 cm³/mol. The Hall–Kier alpha value is -1.02. The summed E-state index contributed by atoms with van der Waals surface area (Å²) in [5.74, 6) is 0. The zero-order valence-corrected chi connectivity index (χ0v) is 10.7. The van der Waals surface area contributed by atoms with Crippen molar-refractivity contribution in [2.75, 3.05) is 18.4 Å². The fraction of sp³-hybridized carbons (Fsp3) is 0.600. The molecule has 1 aliphatic heterocycles. The molecule has 1 saturated heterocycles. The summed E-state index contributed by atoms with van der Waals surface area (Å²) in [6.45, 7) is 4.37. The van der Waals surface area contributed by atoms with Crippen molar-refractivity contribution in [3.8, 4) is 0 Å². The van der Waals surface area contributed by atoms with E-state index in [1.807, 2.05) is 0 Å². The molecule has 1 aromatic carbocycles. The topological polar surface area (TPSA) is 24.1 Å². The third kappa shape index (κ3) is 1.95. The molecule has 1 heterocycles. The summed E-state index contributed by atoms with van der Waals surface area (Å²) in [6, 6.07) is 5.22. The largest absolute Gasteiger partial charge is 0.385 e. The highest BCUT2D eigenvalue weighted by Gasteiger charge is 2.25. The van der Waals surface area contributed by atoms with Gasteiger partial charge in [0, 0.05) is 18.3 Å². The van der Waals surface area contributed by atoms with Crippen LogP contribution in [0, 0.1) is 0 Å². The number of anilines is 1. The zero-order chi connectivity index (χ0) is 11.7. The van der Waals surface area contributed by atoms with Gasteiger partial charge in [0.05, 0.1) is 0 Å². The molecule has 0 saturated carbocycles. The van der Waals surface area contributed by atoms with E-state index in [1.165, 1.54) is 44.3 Å². The summed E-state index contributed by atoms with van der Waals surface area (Å²) < 4.78 is 0. The lowest BCUT2D eigenvalue weighted by atomic mass is 9.94. The van der Waals surface area contributed by atoms with Crippen molar-refractivity contribution in [2.24, 2.45) is 0 Å². The van der Waals surface area contributed by atoms with E-state index >= 15 is 0 Å². The highest BCUT2D eigenvalue weighted by Crippen LogP contribution is 2.37. The van der Waals surface area contributed by atoms with Crippen LogP contribution in [-0.2, 0) is 12.8 Å². The van der Waals surface area contributed by atoms with E-state index < -0.39 is 0 Å². The molecule has 0 aromatic heterocycles. The highest BCUT2D eigenvalue weighted by molar-refractivity contribution is 5.60. The Morgan fingerprint density at radius 2 is 2.24 bits per heavy atom. The molecular weight excluding hydrogens is 208 g/mol. The monoisotopic (exact) mass is 230 g/mol. The Balaban J connectivity index is 2.04. The number of hydrogen-bond acceptors (Lipinski definition) is 2. The van der Waals surface area contributed by atoms with Gasteiger partial charge in [-0.1, -0.05) is 6.07 Å². The number of aryl methyl sites for hydroxylation is 1. The van der Waals surface area contributed by atoms with E-state index in [1.54, 1.807) is 16.7 Å². The number of hydrogen-bond donors (Lipinski definition) is 2. The smallest absolute Gasteiger partial charge is 0.0391 e. The first-order valence-corrected chi connectivity index (χ1v) is 7.02. The first kappa shape index (κ1) is 11.1. The van der Waals surface area contributed by atoms with Crippen LogP contribution in [0.2, 0.25) is 0 Å². The van der Waals surface area contributed by atoms with Crippen molar-refractivity contribution in [3.05, 3.63) is 28.8 Å². The van der Waals surface area contributed by atoms with E-state index in [0.29, 0.717) is 6.04 Å². The van der Waals surface area contributed by atoms with Crippen molar-refractivity contribution in [3.63, 3.8) is 0 Å². The maximum Gasteiger partial charge on any atom is 0.0391 e. The third-order valence-corrected chi connectivity index (χ3v) is 4.10. The summed E-state index contributed by atoms with van der Waals surface area (Å²) in [4.78, 5) is 0. The second-order valence-electron chi connectivity index (χ2n) is 5.20. The molecule has 0 radical (unpaired) electrons. The maximum atomic E-state index is 3.66. The van der Waals surface area contributed by atoms with E-state index in [2.05, 4.69) is 29.7 Å². The molecule has 0 unspecified atom stereocenters. The van der Waals surface area contributed by atoms with Gasteiger partial charge in [-0.15, -0.1) is 0 Å². The Morgan fingerprint density at radius 3 is 3.00 bits per heavy atom.